The third kappa shape index (κ3) is 6.65. The smallest absolute Gasteiger partial charge is 0.410 e. The number of anilines is 6. The summed E-state index contributed by atoms with van der Waals surface area (Å²) in [7, 11) is 1.59. The van der Waals surface area contributed by atoms with E-state index >= 15 is 0 Å². The summed E-state index contributed by atoms with van der Waals surface area (Å²) in [6, 6.07) is 13.3. The molecule has 0 aliphatic carbocycles. The molecule has 1 saturated heterocycles. The van der Waals surface area contributed by atoms with Crippen molar-refractivity contribution in [2.45, 2.75) is 26.4 Å². The van der Waals surface area contributed by atoms with Gasteiger partial charge in [0.1, 0.15) is 16.4 Å². The second-order valence-electron chi connectivity index (χ2n) is 9.57. The number of rotatable bonds is 6. The summed E-state index contributed by atoms with van der Waals surface area (Å²) >= 11 is 6.30. The minimum absolute atomic E-state index is 0.304. The Morgan fingerprint density at radius 2 is 1.78 bits per heavy atom. The zero-order valence-corrected chi connectivity index (χ0v) is 22.2. The highest BCUT2D eigenvalue weighted by molar-refractivity contribution is 6.32. The standard InChI is InChI=1S/C26H32ClN7O3/c1-26(2,3)37-25(35)34-12-10-33(11-13-34)21-15-22(36-4)20(14-19(21)28)31-24-29-16-18(27)23(32-24)30-17-8-6-5-7-9-17/h5-9,14-16H,10-13,28H2,1-4H3,(H2,29,30,31,32). The first kappa shape index (κ1) is 26.2. The minimum atomic E-state index is -0.527. The van der Waals surface area contributed by atoms with E-state index < -0.39 is 5.60 Å². The number of methoxy groups -OCH3 is 1. The van der Waals surface area contributed by atoms with E-state index in [1.54, 1.807) is 18.1 Å². The molecule has 1 aromatic heterocycles. The second-order valence-corrected chi connectivity index (χ2v) is 9.98. The Morgan fingerprint density at radius 3 is 2.43 bits per heavy atom. The van der Waals surface area contributed by atoms with E-state index in [4.69, 9.17) is 26.8 Å². The molecular weight excluding hydrogens is 494 g/mol. The van der Waals surface area contributed by atoms with E-state index in [2.05, 4.69) is 25.5 Å². The van der Waals surface area contributed by atoms with Crippen LogP contribution in [0.4, 0.5) is 39.3 Å². The molecule has 37 heavy (non-hydrogen) atoms. The number of carbonyl (C=O) groups is 1. The van der Waals surface area contributed by atoms with Crippen molar-refractivity contribution >= 4 is 52.2 Å². The number of halogens is 1. The van der Waals surface area contributed by atoms with Crippen LogP contribution in [0.25, 0.3) is 0 Å². The normalized spacial score (nSPS) is 13.8. The summed E-state index contributed by atoms with van der Waals surface area (Å²) in [6.45, 7) is 7.89. The third-order valence-electron chi connectivity index (χ3n) is 5.65. The lowest BCUT2D eigenvalue weighted by Gasteiger charge is -2.37. The molecule has 2 heterocycles. The first-order valence-corrected chi connectivity index (χ1v) is 12.3. The molecule has 0 spiro atoms. The Balaban J connectivity index is 1.48. The van der Waals surface area contributed by atoms with Gasteiger partial charge in [-0.1, -0.05) is 29.8 Å². The largest absolute Gasteiger partial charge is 0.494 e. The van der Waals surface area contributed by atoms with Gasteiger partial charge in [0.2, 0.25) is 5.95 Å². The molecule has 4 rings (SSSR count). The van der Waals surface area contributed by atoms with Gasteiger partial charge in [0.15, 0.2) is 5.82 Å². The number of amides is 1. The summed E-state index contributed by atoms with van der Waals surface area (Å²) in [5.41, 5.74) is 8.78. The van der Waals surface area contributed by atoms with Crippen molar-refractivity contribution in [2.24, 2.45) is 0 Å². The molecule has 1 fully saturated rings. The molecule has 1 aliphatic heterocycles. The molecule has 0 atom stereocenters. The quantitative estimate of drug-likeness (QED) is 0.370. The Kier molecular flexibility index (Phi) is 7.77. The SMILES string of the molecule is COc1cc(N2CCN(C(=O)OC(C)(C)C)CC2)c(N)cc1Nc1ncc(Cl)c(Nc2ccccc2)n1. The van der Waals surface area contributed by atoms with E-state index in [1.807, 2.05) is 57.2 Å². The maximum atomic E-state index is 12.4. The Labute approximate surface area is 221 Å². The predicted molar refractivity (Wildman–Crippen MR) is 147 cm³/mol. The van der Waals surface area contributed by atoms with Crippen LogP contribution < -0.4 is 26.0 Å². The number of nitrogen functional groups attached to an aromatic ring is 1. The van der Waals surface area contributed by atoms with E-state index in [0.29, 0.717) is 60.1 Å². The molecule has 0 bridgehead atoms. The van der Waals surface area contributed by atoms with E-state index in [0.717, 1.165) is 11.4 Å². The first-order valence-electron chi connectivity index (χ1n) is 11.9. The fourth-order valence-corrected chi connectivity index (χ4v) is 4.01. The number of hydrogen-bond acceptors (Lipinski definition) is 9. The topological polar surface area (TPSA) is 118 Å². The van der Waals surface area contributed by atoms with E-state index in [1.165, 1.54) is 6.20 Å². The molecule has 11 heteroatoms. The van der Waals surface area contributed by atoms with Crippen molar-refractivity contribution in [3.8, 4) is 5.75 Å². The zero-order valence-electron chi connectivity index (χ0n) is 21.4. The average Bonchev–Trinajstić information content (AvgIpc) is 2.86. The van der Waals surface area contributed by atoms with E-state index in [-0.39, 0.29) is 6.09 Å². The number of hydrogen-bond donors (Lipinski definition) is 3. The average molecular weight is 526 g/mol. The number of nitrogens with two attached hydrogens (primary N) is 1. The first-order chi connectivity index (χ1) is 17.6. The predicted octanol–water partition coefficient (Wildman–Crippen LogP) is 5.27. The molecule has 10 nitrogen and oxygen atoms in total. The van der Waals surface area contributed by atoms with Gasteiger partial charge in [-0.15, -0.1) is 0 Å². The number of carbonyl (C=O) groups excluding carboxylic acids is 1. The van der Waals surface area contributed by atoms with Crippen molar-refractivity contribution in [2.75, 3.05) is 54.6 Å². The van der Waals surface area contributed by atoms with Gasteiger partial charge in [0, 0.05) is 37.9 Å². The molecule has 1 amide bonds. The molecule has 1 aliphatic rings. The number of nitrogens with one attached hydrogen (secondary N) is 2. The molecule has 2 aromatic carbocycles. The van der Waals surface area contributed by atoms with Gasteiger partial charge in [-0.3, -0.25) is 0 Å². The van der Waals surface area contributed by atoms with Gasteiger partial charge in [-0.2, -0.15) is 4.98 Å². The number of aromatic nitrogens is 2. The monoisotopic (exact) mass is 525 g/mol. The Morgan fingerprint density at radius 1 is 1.08 bits per heavy atom. The molecule has 0 saturated carbocycles. The zero-order chi connectivity index (χ0) is 26.6. The number of ether oxygens (including phenoxy) is 2. The molecule has 0 unspecified atom stereocenters. The van der Waals surface area contributed by atoms with Crippen molar-refractivity contribution < 1.29 is 14.3 Å². The lowest BCUT2D eigenvalue weighted by Crippen LogP contribution is -2.50. The second kappa shape index (κ2) is 11.0. The van der Waals surface area contributed by atoms with Gasteiger partial charge >= 0.3 is 6.09 Å². The maximum Gasteiger partial charge on any atom is 0.410 e. The van der Waals surface area contributed by atoms with Gasteiger partial charge in [-0.25, -0.2) is 9.78 Å². The van der Waals surface area contributed by atoms with Crippen LogP contribution in [0.1, 0.15) is 20.8 Å². The Hall–Kier alpha value is -3.92. The maximum absolute atomic E-state index is 12.4. The number of nitrogens with zero attached hydrogens (tertiary/aromatic N) is 4. The summed E-state index contributed by atoms with van der Waals surface area (Å²) in [5.74, 6) is 1.38. The highest BCUT2D eigenvalue weighted by Crippen LogP contribution is 2.37. The molecule has 3 aromatic rings. The van der Waals surface area contributed by atoms with Crippen LogP contribution in [-0.2, 0) is 4.74 Å². The van der Waals surface area contributed by atoms with Crippen LogP contribution in [0, 0.1) is 0 Å². The highest BCUT2D eigenvalue weighted by atomic mass is 35.5. The summed E-state index contributed by atoms with van der Waals surface area (Å²) in [5, 5.41) is 6.76. The highest BCUT2D eigenvalue weighted by Gasteiger charge is 2.27. The van der Waals surface area contributed by atoms with Gasteiger partial charge in [-0.05, 0) is 39.0 Å². The van der Waals surface area contributed by atoms with Crippen LogP contribution in [-0.4, -0.2) is 59.9 Å². The van der Waals surface area contributed by atoms with Crippen molar-refractivity contribution in [3.05, 3.63) is 53.7 Å². The lowest BCUT2D eigenvalue weighted by atomic mass is 10.1. The summed E-state index contributed by atoms with van der Waals surface area (Å²) in [4.78, 5) is 25.0. The van der Waals surface area contributed by atoms with Crippen LogP contribution in [0.3, 0.4) is 0 Å². The number of para-hydroxylation sites is 1. The van der Waals surface area contributed by atoms with Crippen molar-refractivity contribution in [1.29, 1.82) is 0 Å². The summed E-state index contributed by atoms with van der Waals surface area (Å²) < 4.78 is 11.1. The number of benzene rings is 2. The summed E-state index contributed by atoms with van der Waals surface area (Å²) in [6.07, 6.45) is 1.22. The van der Waals surface area contributed by atoms with Gasteiger partial charge in [0.25, 0.3) is 0 Å². The third-order valence-corrected chi connectivity index (χ3v) is 5.92. The molecule has 0 radical (unpaired) electrons. The molecule has 4 N–H and O–H groups in total. The van der Waals surface area contributed by atoms with Crippen molar-refractivity contribution in [1.82, 2.24) is 14.9 Å². The van der Waals surface area contributed by atoms with Crippen LogP contribution in [0.15, 0.2) is 48.7 Å². The van der Waals surface area contributed by atoms with Gasteiger partial charge < -0.3 is 35.6 Å². The molecule has 196 valence electrons. The Bertz CT molecular complexity index is 1240. The lowest BCUT2D eigenvalue weighted by molar-refractivity contribution is 0.0240. The number of piperazine rings is 1. The van der Waals surface area contributed by atoms with Crippen LogP contribution in [0.5, 0.6) is 5.75 Å². The fourth-order valence-electron chi connectivity index (χ4n) is 3.88. The van der Waals surface area contributed by atoms with Crippen molar-refractivity contribution in [3.63, 3.8) is 0 Å². The minimum Gasteiger partial charge on any atom is -0.494 e. The van der Waals surface area contributed by atoms with E-state index in [9.17, 15) is 4.79 Å². The van der Waals surface area contributed by atoms with Crippen LogP contribution >= 0.6 is 11.6 Å². The fraction of sp³-hybridized carbons (Fsp3) is 0.346. The van der Waals surface area contributed by atoms with Gasteiger partial charge in [0.05, 0.1) is 30.4 Å². The molecular formula is C26H32ClN7O3. The van der Waals surface area contributed by atoms with Crippen LogP contribution in [0.2, 0.25) is 5.02 Å².